The lowest BCUT2D eigenvalue weighted by atomic mass is 10.2. The molecule has 1 N–H and O–H groups in total. The molecule has 0 bridgehead atoms. The van der Waals surface area contributed by atoms with Crippen LogP contribution in [-0.4, -0.2) is 27.2 Å². The van der Waals surface area contributed by atoms with Crippen LogP contribution in [0.3, 0.4) is 0 Å². The first-order valence-electron chi connectivity index (χ1n) is 9.68. The van der Waals surface area contributed by atoms with Crippen LogP contribution in [0.25, 0.3) is 5.69 Å². The number of thiazole rings is 1. The van der Waals surface area contributed by atoms with Crippen molar-refractivity contribution in [2.24, 2.45) is 0 Å². The van der Waals surface area contributed by atoms with Gasteiger partial charge in [0, 0.05) is 28.9 Å². The van der Waals surface area contributed by atoms with Crippen molar-refractivity contribution in [3.05, 3.63) is 63.1 Å². The number of rotatable bonds is 7. The minimum absolute atomic E-state index is 0.168. The van der Waals surface area contributed by atoms with Crippen molar-refractivity contribution < 1.29 is 9.18 Å². The number of hydrogen-bond acceptors (Lipinski definition) is 4. The summed E-state index contributed by atoms with van der Waals surface area (Å²) in [6, 6.07) is 6.55. The smallest absolute Gasteiger partial charge is 0.272 e. The first-order chi connectivity index (χ1) is 13.6. The average Bonchev–Trinajstić information content (AvgIpc) is 3.39. The lowest BCUT2D eigenvalue weighted by molar-refractivity contribution is 0.0946. The summed E-state index contributed by atoms with van der Waals surface area (Å²) in [5.74, 6) is -0.498. The van der Waals surface area contributed by atoms with Gasteiger partial charge in [0.1, 0.15) is 11.5 Å². The van der Waals surface area contributed by atoms with E-state index in [1.54, 1.807) is 34.2 Å². The maximum absolute atomic E-state index is 14.2. The number of amides is 1. The Balaban J connectivity index is 1.39. The van der Waals surface area contributed by atoms with E-state index in [2.05, 4.69) is 20.8 Å². The van der Waals surface area contributed by atoms with Crippen molar-refractivity contribution in [1.29, 1.82) is 0 Å². The summed E-state index contributed by atoms with van der Waals surface area (Å²) in [5, 5.41) is 10.6. The summed E-state index contributed by atoms with van der Waals surface area (Å²) in [4.78, 5) is 17.1. The Morgan fingerprint density at radius 3 is 2.93 bits per heavy atom. The highest BCUT2D eigenvalue weighted by Gasteiger charge is 2.27. The Morgan fingerprint density at radius 1 is 1.29 bits per heavy atom. The highest BCUT2D eigenvalue weighted by Crippen LogP contribution is 2.28. The van der Waals surface area contributed by atoms with Crippen LogP contribution in [0.15, 0.2) is 29.6 Å². The Morgan fingerprint density at radius 2 is 2.14 bits per heavy atom. The van der Waals surface area contributed by atoms with Crippen molar-refractivity contribution >= 4 is 17.2 Å². The maximum Gasteiger partial charge on any atom is 0.272 e. The van der Waals surface area contributed by atoms with E-state index in [9.17, 15) is 9.18 Å². The van der Waals surface area contributed by atoms with Gasteiger partial charge in [0.15, 0.2) is 5.69 Å². The first-order valence-corrected chi connectivity index (χ1v) is 10.6. The van der Waals surface area contributed by atoms with Crippen LogP contribution in [0, 0.1) is 12.7 Å². The lowest BCUT2D eigenvalue weighted by Gasteiger charge is -2.06. The number of carbonyl (C=O) groups excluding carboxylic acids is 1. The number of para-hydroxylation sites is 1. The summed E-state index contributed by atoms with van der Waals surface area (Å²) in [6.45, 7) is 2.60. The van der Waals surface area contributed by atoms with Crippen LogP contribution in [-0.2, 0) is 19.3 Å². The van der Waals surface area contributed by atoms with Crippen molar-refractivity contribution in [3.8, 4) is 5.69 Å². The number of benzene rings is 1. The average molecular weight is 399 g/mol. The highest BCUT2D eigenvalue weighted by molar-refractivity contribution is 7.09. The third-order valence-electron chi connectivity index (χ3n) is 5.00. The molecule has 28 heavy (non-hydrogen) atoms. The number of nitrogens with one attached hydrogen (secondary N) is 1. The van der Waals surface area contributed by atoms with Gasteiger partial charge in [-0.2, -0.15) is 5.10 Å². The van der Waals surface area contributed by atoms with Gasteiger partial charge >= 0.3 is 0 Å². The van der Waals surface area contributed by atoms with Crippen LogP contribution in [0.5, 0.6) is 0 Å². The van der Waals surface area contributed by atoms with Gasteiger partial charge in [0.25, 0.3) is 5.91 Å². The topological polar surface area (TPSA) is 59.8 Å². The fourth-order valence-corrected chi connectivity index (χ4v) is 4.47. The van der Waals surface area contributed by atoms with Crippen molar-refractivity contribution in [2.45, 2.75) is 45.4 Å². The van der Waals surface area contributed by atoms with Crippen LogP contribution in [0.1, 0.15) is 51.7 Å². The summed E-state index contributed by atoms with van der Waals surface area (Å²) in [6.07, 6.45) is 5.41. The third kappa shape index (κ3) is 3.85. The largest absolute Gasteiger partial charge is 0.351 e. The predicted molar refractivity (Wildman–Crippen MR) is 108 cm³/mol. The summed E-state index contributed by atoms with van der Waals surface area (Å²) in [7, 11) is 0. The molecule has 0 atom stereocenters. The molecule has 0 saturated heterocycles. The number of halogens is 1. The molecule has 4 rings (SSSR count). The van der Waals surface area contributed by atoms with Crippen molar-refractivity contribution in [2.75, 3.05) is 6.54 Å². The van der Waals surface area contributed by atoms with E-state index in [1.165, 1.54) is 6.07 Å². The molecule has 0 fully saturated rings. The molecular formula is C21H23FN4OS. The SMILES string of the molecule is Cc1csc(CCCCNC(=O)c2nn(-c3ccccc3F)c3c2CCC3)n1. The lowest BCUT2D eigenvalue weighted by Crippen LogP contribution is -2.26. The van der Waals surface area contributed by atoms with E-state index in [0.29, 0.717) is 17.9 Å². The fourth-order valence-electron chi connectivity index (χ4n) is 3.65. The Kier molecular flexibility index (Phi) is 5.52. The number of nitrogens with zero attached hydrogens (tertiary/aromatic N) is 3. The monoisotopic (exact) mass is 398 g/mol. The van der Waals surface area contributed by atoms with Crippen LogP contribution in [0.2, 0.25) is 0 Å². The molecule has 0 spiro atoms. The standard InChI is InChI=1S/C21H23FN4OS/c1-14-13-28-19(24-14)11-4-5-12-23-21(27)20-15-7-6-10-17(15)26(25-20)18-9-3-2-8-16(18)22/h2-3,8-9,13H,4-7,10-12H2,1H3,(H,23,27). The molecule has 1 aliphatic rings. The second-order valence-corrected chi connectivity index (χ2v) is 8.03. The quantitative estimate of drug-likeness (QED) is 0.612. The fraction of sp³-hybridized carbons (Fsp3) is 0.381. The zero-order valence-corrected chi connectivity index (χ0v) is 16.7. The van der Waals surface area contributed by atoms with Crippen molar-refractivity contribution in [1.82, 2.24) is 20.1 Å². The van der Waals surface area contributed by atoms with Crippen LogP contribution >= 0.6 is 11.3 Å². The predicted octanol–water partition coefficient (Wildman–Crippen LogP) is 4.02. The summed E-state index contributed by atoms with van der Waals surface area (Å²) >= 11 is 1.68. The molecule has 2 heterocycles. The maximum atomic E-state index is 14.2. The zero-order valence-electron chi connectivity index (χ0n) is 15.9. The number of unbranched alkanes of at least 4 members (excludes halogenated alkanes) is 1. The molecule has 1 aliphatic carbocycles. The summed E-state index contributed by atoms with van der Waals surface area (Å²) < 4.78 is 15.8. The first kappa shape index (κ1) is 18.8. The van der Waals surface area contributed by atoms with Gasteiger partial charge in [0.2, 0.25) is 0 Å². The number of fused-ring (bicyclic) bond motifs is 1. The van der Waals surface area contributed by atoms with Gasteiger partial charge in [-0.3, -0.25) is 4.79 Å². The number of aromatic nitrogens is 3. The zero-order chi connectivity index (χ0) is 19.5. The molecule has 2 aromatic heterocycles. The molecule has 1 amide bonds. The van der Waals surface area contributed by atoms with E-state index in [-0.39, 0.29) is 11.7 Å². The normalized spacial score (nSPS) is 12.9. The van der Waals surface area contributed by atoms with Gasteiger partial charge in [-0.05, 0) is 57.6 Å². The Labute approximate surface area is 167 Å². The van der Waals surface area contributed by atoms with E-state index >= 15 is 0 Å². The number of hydrogen-bond donors (Lipinski definition) is 1. The van der Waals surface area contributed by atoms with Gasteiger partial charge in [0.05, 0.1) is 5.01 Å². The second-order valence-electron chi connectivity index (χ2n) is 7.09. The van der Waals surface area contributed by atoms with Crippen molar-refractivity contribution in [3.63, 3.8) is 0 Å². The van der Waals surface area contributed by atoms with E-state index in [4.69, 9.17) is 0 Å². The minimum Gasteiger partial charge on any atom is -0.351 e. The Hall–Kier alpha value is -2.54. The van der Waals surface area contributed by atoms with Gasteiger partial charge < -0.3 is 5.32 Å². The summed E-state index contributed by atoms with van der Waals surface area (Å²) in [5.41, 5.74) is 3.81. The van der Waals surface area contributed by atoms with Gasteiger partial charge in [-0.1, -0.05) is 12.1 Å². The van der Waals surface area contributed by atoms with E-state index < -0.39 is 0 Å². The van der Waals surface area contributed by atoms with E-state index in [1.807, 2.05) is 6.92 Å². The molecule has 0 aliphatic heterocycles. The van der Waals surface area contributed by atoms with Gasteiger partial charge in [-0.25, -0.2) is 14.1 Å². The van der Waals surface area contributed by atoms with Gasteiger partial charge in [-0.15, -0.1) is 11.3 Å². The highest BCUT2D eigenvalue weighted by atomic mass is 32.1. The molecule has 3 aromatic rings. The molecule has 1 aromatic carbocycles. The third-order valence-corrected chi connectivity index (χ3v) is 6.02. The molecule has 5 nitrogen and oxygen atoms in total. The Bertz CT molecular complexity index is 994. The molecule has 146 valence electrons. The van der Waals surface area contributed by atoms with Crippen LogP contribution < -0.4 is 5.32 Å². The minimum atomic E-state index is -0.330. The second kappa shape index (κ2) is 8.22. The molecule has 0 radical (unpaired) electrons. The molecule has 7 heteroatoms. The molecular weight excluding hydrogens is 375 g/mol. The number of aryl methyl sites for hydroxylation is 2. The van der Waals surface area contributed by atoms with Crippen LogP contribution in [0.4, 0.5) is 4.39 Å². The van der Waals surface area contributed by atoms with E-state index in [0.717, 1.165) is 60.5 Å². The molecule has 0 saturated carbocycles. The number of carbonyl (C=O) groups is 1. The molecule has 0 unspecified atom stereocenters.